The van der Waals surface area contributed by atoms with E-state index in [9.17, 15) is 4.79 Å². The summed E-state index contributed by atoms with van der Waals surface area (Å²) in [6, 6.07) is 5.75. The van der Waals surface area contributed by atoms with Crippen molar-refractivity contribution in [3.63, 3.8) is 0 Å². The number of pyridine rings is 3. The second-order valence-corrected chi connectivity index (χ2v) is 6.12. The predicted molar refractivity (Wildman–Crippen MR) is 114 cm³/mol. The molecule has 0 saturated heterocycles. The summed E-state index contributed by atoms with van der Waals surface area (Å²) in [5, 5.41) is 3.67. The van der Waals surface area contributed by atoms with E-state index in [2.05, 4.69) is 33.4 Å². The Balaban J connectivity index is 0.000000794. The summed E-state index contributed by atoms with van der Waals surface area (Å²) < 4.78 is 1.99. The molecule has 0 aliphatic rings. The minimum atomic E-state index is -0.150. The van der Waals surface area contributed by atoms with Gasteiger partial charge >= 0.3 is 0 Å². The van der Waals surface area contributed by atoms with Gasteiger partial charge in [0.05, 0.1) is 5.52 Å². The third kappa shape index (κ3) is 4.53. The van der Waals surface area contributed by atoms with Gasteiger partial charge < -0.3 is 24.7 Å². The van der Waals surface area contributed by atoms with Crippen LogP contribution in [0.3, 0.4) is 0 Å². The summed E-state index contributed by atoms with van der Waals surface area (Å²) >= 11 is 0. The summed E-state index contributed by atoms with van der Waals surface area (Å²) in [5.74, 6) is 0.368. The largest absolute Gasteiger partial charge is 0.394 e. The molecule has 7 heteroatoms. The molecule has 155 valence electrons. The molecule has 0 aliphatic heterocycles. The number of carbonyl (C=O) groups excluding carboxylic acids is 1. The standard InChI is InChI=1S/C18H14N5O.C3H7.CH3.Bk/c1-11-3-4-19-10-15(11)14-7-13-9-21-17(22-12(2)24)8-16(13)23-6-5-20-18(14)23;1-3-2;;/h3,5-10H,1-2H3,(H,21,22,24);1,3H2,2H3;1H3;/q3*-1;. The van der Waals surface area contributed by atoms with Gasteiger partial charge in [0.15, 0.2) is 0 Å². The van der Waals surface area contributed by atoms with Crippen molar-refractivity contribution in [3.8, 4) is 11.1 Å². The molecule has 0 atom stereocenters. The van der Waals surface area contributed by atoms with Gasteiger partial charge in [0.1, 0.15) is 11.5 Å². The quantitative estimate of drug-likeness (QED) is 0.330. The van der Waals surface area contributed by atoms with E-state index in [1.54, 1.807) is 18.6 Å². The molecule has 4 aromatic rings. The number of anilines is 1. The minimum Gasteiger partial charge on any atom is -0.394 e. The first-order chi connectivity index (χ1) is 13.0. The Morgan fingerprint density at radius 2 is 1.97 bits per heavy atom. The number of nitrogens with zero attached hydrogens (tertiary/aromatic N) is 4. The molecule has 1 N–H and O–H groups in total. The van der Waals surface area contributed by atoms with E-state index in [0.717, 1.165) is 39.7 Å². The summed E-state index contributed by atoms with van der Waals surface area (Å²) in [6.45, 7) is 8.99. The maximum Gasteiger partial charge on any atom is 0.222 e. The first kappa shape index (κ1) is 22.8. The third-order valence-electron chi connectivity index (χ3n) is 3.92. The van der Waals surface area contributed by atoms with Crippen LogP contribution in [-0.2, 0) is 4.79 Å². The van der Waals surface area contributed by atoms with Crippen molar-refractivity contribution in [3.05, 3.63) is 69.1 Å². The van der Waals surface area contributed by atoms with Gasteiger partial charge in [-0.25, -0.2) is 9.97 Å². The number of fused-ring (bicyclic) bond motifs is 3. The molecule has 0 spiro atoms. The minimum absolute atomic E-state index is 0. The van der Waals surface area contributed by atoms with Crippen LogP contribution in [0.5, 0.6) is 0 Å². The van der Waals surface area contributed by atoms with Crippen molar-refractivity contribution in [1.29, 1.82) is 0 Å². The third-order valence-corrected chi connectivity index (χ3v) is 3.92. The van der Waals surface area contributed by atoms with Crippen LogP contribution in [0.1, 0.15) is 25.8 Å². The fraction of sp³-hybridized carbons (Fsp3) is 0.182. The topological polar surface area (TPSA) is 72.2 Å². The Labute approximate surface area is 165 Å². The Bertz CT molecular complexity index is 1110. The number of aryl methyl sites for hydroxylation is 1. The molecule has 0 fully saturated rings. The van der Waals surface area contributed by atoms with Crippen LogP contribution in [0.4, 0.5) is 5.82 Å². The summed E-state index contributed by atoms with van der Waals surface area (Å²) in [4.78, 5) is 24.2. The summed E-state index contributed by atoms with van der Waals surface area (Å²) in [5.41, 5.74) is 4.84. The van der Waals surface area contributed by atoms with E-state index in [-0.39, 0.29) is 13.3 Å². The SMILES string of the molecule is CC(=O)Nc1cc2c(cn1)cc(-c1cn[c-]cc1C)c1nccn12.[Bk].[CH2-]CC.[CH3-]. The van der Waals surface area contributed by atoms with E-state index < -0.39 is 0 Å². The average molecular weight is 621 g/mol. The van der Waals surface area contributed by atoms with Crippen LogP contribution < -0.4 is 5.32 Å². The van der Waals surface area contributed by atoms with Crippen molar-refractivity contribution >= 4 is 28.3 Å². The van der Waals surface area contributed by atoms with Gasteiger partial charge in [-0.1, -0.05) is 26.2 Å². The first-order valence-corrected chi connectivity index (χ1v) is 8.70. The first-order valence-electron chi connectivity index (χ1n) is 8.70. The van der Waals surface area contributed by atoms with Gasteiger partial charge in [-0.3, -0.25) is 9.20 Å². The molecule has 0 aromatic carbocycles. The molecule has 1 radical (unpaired) electrons. The van der Waals surface area contributed by atoms with Gasteiger partial charge in [-0.15, -0.1) is 11.1 Å². The molecule has 4 rings (SSSR count). The van der Waals surface area contributed by atoms with Crippen LogP contribution in [-0.4, -0.2) is 25.3 Å². The smallest absolute Gasteiger partial charge is 0.222 e. The second kappa shape index (κ2) is 9.60. The van der Waals surface area contributed by atoms with Crippen LogP contribution in [0, 0.1) is 27.5 Å². The molecule has 29 heavy (non-hydrogen) atoms. The zero-order valence-corrected chi connectivity index (χ0v) is 19.8. The normalized spacial score (nSPS) is 9.79. The average Bonchev–Trinajstić information content (AvgIpc) is 3.12. The van der Waals surface area contributed by atoms with Crippen LogP contribution >= 0.6 is 0 Å². The van der Waals surface area contributed by atoms with Gasteiger partial charge in [-0.2, -0.15) is 12.5 Å². The maximum atomic E-state index is 11.3. The number of aromatic nitrogens is 4. The molecule has 4 aromatic heterocycles. The predicted octanol–water partition coefficient (Wildman–Crippen LogP) is 4.69. The van der Waals surface area contributed by atoms with Crippen LogP contribution in [0.25, 0.3) is 27.7 Å². The zero-order chi connectivity index (χ0) is 19.4. The van der Waals surface area contributed by atoms with Crippen molar-refractivity contribution in [2.75, 3.05) is 5.32 Å². The van der Waals surface area contributed by atoms with E-state index >= 15 is 0 Å². The summed E-state index contributed by atoms with van der Waals surface area (Å²) in [6.07, 6.45) is 11.1. The number of hydrogen-bond acceptors (Lipinski definition) is 4. The van der Waals surface area contributed by atoms with Gasteiger partial charge in [0.25, 0.3) is 0 Å². The number of hydrogen-bond donors (Lipinski definition) is 1. The molecule has 0 saturated carbocycles. The van der Waals surface area contributed by atoms with Crippen molar-refractivity contribution in [1.82, 2.24) is 19.4 Å². The summed E-state index contributed by atoms with van der Waals surface area (Å²) in [7, 11) is 0. The number of rotatable bonds is 2. The number of imidazole rings is 1. The maximum absolute atomic E-state index is 11.3. The van der Waals surface area contributed by atoms with Crippen LogP contribution in [0.2, 0.25) is 0 Å². The number of amides is 1. The van der Waals surface area contributed by atoms with Crippen molar-refractivity contribution in [2.24, 2.45) is 0 Å². The van der Waals surface area contributed by atoms with Gasteiger partial charge in [0.2, 0.25) is 5.91 Å². The van der Waals surface area contributed by atoms with E-state index in [0.29, 0.717) is 5.82 Å². The molecular weight excluding hydrogens is 597 g/mol. The molecule has 0 aliphatic carbocycles. The van der Waals surface area contributed by atoms with E-state index in [1.165, 1.54) is 6.92 Å². The van der Waals surface area contributed by atoms with E-state index in [1.807, 2.05) is 42.6 Å². The van der Waals surface area contributed by atoms with Crippen LogP contribution in [0.15, 0.2) is 43.0 Å². The fourth-order valence-electron chi connectivity index (χ4n) is 2.84. The van der Waals surface area contributed by atoms with E-state index in [4.69, 9.17) is 0 Å². The number of nitrogens with one attached hydrogen (secondary N) is 1. The fourth-order valence-corrected chi connectivity index (χ4v) is 2.84. The Kier molecular flexibility index (Phi) is 7.53. The Hall–Kier alpha value is -4.28. The molecular formula is C22H24BkN5O-3. The van der Waals surface area contributed by atoms with Gasteiger partial charge in [0, 0.05) is 42.5 Å². The van der Waals surface area contributed by atoms with Crippen molar-refractivity contribution < 1.29 is 4.79 Å². The second-order valence-electron chi connectivity index (χ2n) is 6.12. The Morgan fingerprint density at radius 1 is 1.24 bits per heavy atom. The molecule has 0 bridgehead atoms. The molecule has 1 amide bonds. The molecule has 4 heterocycles. The number of carbonyl (C=O) groups is 1. The van der Waals surface area contributed by atoms with Crippen molar-refractivity contribution in [2.45, 2.75) is 27.2 Å². The zero-order valence-electron chi connectivity index (χ0n) is 17.0. The Morgan fingerprint density at radius 3 is 2.62 bits per heavy atom. The molecule has 6 nitrogen and oxygen atoms in total. The molecule has 0 unspecified atom stereocenters. The monoisotopic (exact) mass is 621 g/mol. The van der Waals surface area contributed by atoms with Gasteiger partial charge in [-0.05, 0) is 6.07 Å².